The molecule has 2 N–H and O–H groups in total. The fourth-order valence-corrected chi connectivity index (χ4v) is 3.02. The number of rotatable bonds is 6. The van der Waals surface area contributed by atoms with Crippen LogP contribution in [0.1, 0.15) is 16.5 Å². The van der Waals surface area contributed by atoms with E-state index in [-0.39, 0.29) is 16.9 Å². The normalized spacial score (nSPS) is 13.6. The van der Waals surface area contributed by atoms with Crippen LogP contribution in [0.25, 0.3) is 11.4 Å². The first-order valence-electron chi connectivity index (χ1n) is 8.79. The highest BCUT2D eigenvalue weighted by atomic mass is 35.5. The molecule has 2 aromatic heterocycles. The standard InChI is InChI=1S/C18H18ClN7O3/c1-20-18(27)15-13(6-14(19)23-24-15)22-12-5-3-4-11(16(12)28-2)17-21-9-26(25-17)10-7-29-8-10/h3-6,9-10H,7-8H2,1-2H3,(H,20,27)(H,22,23). The van der Waals surface area contributed by atoms with Crippen LogP contribution in [0.3, 0.4) is 0 Å². The van der Waals surface area contributed by atoms with E-state index in [9.17, 15) is 4.79 Å². The van der Waals surface area contributed by atoms with E-state index in [1.807, 2.05) is 12.1 Å². The molecule has 4 rings (SSSR count). The number of benzene rings is 1. The number of nitrogens with zero attached hydrogens (tertiary/aromatic N) is 5. The van der Waals surface area contributed by atoms with Crippen molar-refractivity contribution in [1.82, 2.24) is 30.3 Å². The SMILES string of the molecule is CNC(=O)c1nnc(Cl)cc1Nc1cccc(-c2ncn(C3COC3)n2)c1OC. The monoisotopic (exact) mass is 415 g/mol. The van der Waals surface area contributed by atoms with E-state index in [1.54, 1.807) is 24.2 Å². The van der Waals surface area contributed by atoms with Crippen molar-refractivity contribution in [3.05, 3.63) is 41.4 Å². The molecule has 1 aliphatic heterocycles. The van der Waals surface area contributed by atoms with E-state index in [1.165, 1.54) is 13.1 Å². The number of ether oxygens (including phenoxy) is 2. The van der Waals surface area contributed by atoms with Gasteiger partial charge in [0.15, 0.2) is 22.4 Å². The summed E-state index contributed by atoms with van der Waals surface area (Å²) in [6, 6.07) is 7.22. The minimum absolute atomic E-state index is 0.108. The number of para-hydroxylation sites is 1. The van der Waals surface area contributed by atoms with Gasteiger partial charge < -0.3 is 20.1 Å². The molecule has 3 heterocycles. The van der Waals surface area contributed by atoms with Gasteiger partial charge in [0, 0.05) is 13.1 Å². The van der Waals surface area contributed by atoms with Gasteiger partial charge in [-0.15, -0.1) is 10.2 Å². The molecule has 0 unspecified atom stereocenters. The van der Waals surface area contributed by atoms with E-state index >= 15 is 0 Å². The third-order valence-corrected chi connectivity index (χ3v) is 4.62. The van der Waals surface area contributed by atoms with Gasteiger partial charge in [0.1, 0.15) is 12.4 Å². The molecule has 3 aromatic rings. The highest BCUT2D eigenvalue weighted by molar-refractivity contribution is 6.29. The first-order valence-corrected chi connectivity index (χ1v) is 9.17. The van der Waals surface area contributed by atoms with Crippen LogP contribution in [0.15, 0.2) is 30.6 Å². The molecule has 11 heteroatoms. The number of carbonyl (C=O) groups excluding carboxylic acids is 1. The van der Waals surface area contributed by atoms with Crippen LogP contribution in [0.4, 0.5) is 11.4 Å². The summed E-state index contributed by atoms with van der Waals surface area (Å²) < 4.78 is 12.6. The predicted octanol–water partition coefficient (Wildman–Crippen LogP) is 2.07. The lowest BCUT2D eigenvalue weighted by Gasteiger charge is -2.25. The van der Waals surface area contributed by atoms with Crippen LogP contribution >= 0.6 is 11.6 Å². The van der Waals surface area contributed by atoms with Gasteiger partial charge in [-0.25, -0.2) is 9.67 Å². The molecule has 1 fully saturated rings. The van der Waals surface area contributed by atoms with Crippen LogP contribution in [0, 0.1) is 0 Å². The summed E-state index contributed by atoms with van der Waals surface area (Å²) in [5.74, 6) is 0.649. The first-order chi connectivity index (χ1) is 14.1. The fraction of sp³-hybridized carbons (Fsp3) is 0.278. The van der Waals surface area contributed by atoms with Crippen LogP contribution in [-0.2, 0) is 4.74 Å². The topological polar surface area (TPSA) is 116 Å². The van der Waals surface area contributed by atoms with Gasteiger partial charge in [-0.05, 0) is 12.1 Å². The van der Waals surface area contributed by atoms with Gasteiger partial charge in [0.05, 0.1) is 37.3 Å². The van der Waals surface area contributed by atoms with Crippen molar-refractivity contribution >= 4 is 28.9 Å². The third-order valence-electron chi connectivity index (χ3n) is 4.44. The summed E-state index contributed by atoms with van der Waals surface area (Å²) in [5, 5.41) is 18.0. The second-order valence-corrected chi connectivity index (χ2v) is 6.65. The molecular formula is C18H18ClN7O3. The molecule has 0 bridgehead atoms. The molecule has 1 aromatic carbocycles. The smallest absolute Gasteiger partial charge is 0.273 e. The van der Waals surface area contributed by atoms with Gasteiger partial charge in [-0.2, -0.15) is 5.10 Å². The second kappa shape index (κ2) is 8.02. The van der Waals surface area contributed by atoms with Crippen molar-refractivity contribution in [2.45, 2.75) is 6.04 Å². The second-order valence-electron chi connectivity index (χ2n) is 6.26. The van der Waals surface area contributed by atoms with Gasteiger partial charge in [-0.3, -0.25) is 4.79 Å². The Morgan fingerprint density at radius 2 is 2.14 bits per heavy atom. The molecule has 0 saturated carbocycles. The Labute approximate surface area is 171 Å². The fourth-order valence-electron chi connectivity index (χ4n) is 2.88. The van der Waals surface area contributed by atoms with Crippen LogP contribution in [-0.4, -0.2) is 58.2 Å². The first kappa shape index (κ1) is 19.1. The highest BCUT2D eigenvalue weighted by Gasteiger charge is 2.23. The number of anilines is 2. The largest absolute Gasteiger partial charge is 0.494 e. The summed E-state index contributed by atoms with van der Waals surface area (Å²) in [5.41, 5.74) is 1.80. The van der Waals surface area contributed by atoms with E-state index < -0.39 is 5.91 Å². The van der Waals surface area contributed by atoms with E-state index in [2.05, 4.69) is 30.9 Å². The molecule has 1 amide bonds. The Bertz CT molecular complexity index is 1050. The quantitative estimate of drug-likeness (QED) is 0.628. The number of amides is 1. The van der Waals surface area contributed by atoms with Crippen LogP contribution < -0.4 is 15.4 Å². The van der Waals surface area contributed by atoms with Crippen molar-refractivity contribution in [2.24, 2.45) is 0 Å². The highest BCUT2D eigenvalue weighted by Crippen LogP contribution is 2.37. The van der Waals surface area contributed by atoms with Crippen molar-refractivity contribution in [2.75, 3.05) is 32.7 Å². The molecule has 150 valence electrons. The molecule has 29 heavy (non-hydrogen) atoms. The van der Waals surface area contributed by atoms with Crippen molar-refractivity contribution < 1.29 is 14.3 Å². The van der Waals surface area contributed by atoms with E-state index in [0.29, 0.717) is 41.7 Å². The summed E-state index contributed by atoms with van der Waals surface area (Å²) in [6.45, 7) is 1.25. The number of methoxy groups -OCH3 is 1. The van der Waals surface area contributed by atoms with Gasteiger partial charge in [-0.1, -0.05) is 17.7 Å². The van der Waals surface area contributed by atoms with Crippen molar-refractivity contribution in [1.29, 1.82) is 0 Å². The number of hydrogen-bond donors (Lipinski definition) is 2. The zero-order valence-electron chi connectivity index (χ0n) is 15.7. The van der Waals surface area contributed by atoms with Gasteiger partial charge in [0.25, 0.3) is 5.91 Å². The maximum absolute atomic E-state index is 12.1. The van der Waals surface area contributed by atoms with Crippen LogP contribution in [0.2, 0.25) is 5.15 Å². The minimum Gasteiger partial charge on any atom is -0.494 e. The number of aromatic nitrogens is 5. The maximum atomic E-state index is 12.1. The van der Waals surface area contributed by atoms with Crippen LogP contribution in [0.5, 0.6) is 5.75 Å². The zero-order chi connectivity index (χ0) is 20.4. The van der Waals surface area contributed by atoms with Crippen molar-refractivity contribution in [3.63, 3.8) is 0 Å². The summed E-state index contributed by atoms with van der Waals surface area (Å²) >= 11 is 5.97. The Morgan fingerprint density at radius 1 is 1.31 bits per heavy atom. The predicted molar refractivity (Wildman–Crippen MR) is 106 cm³/mol. The molecule has 0 radical (unpaired) electrons. The van der Waals surface area contributed by atoms with E-state index in [4.69, 9.17) is 21.1 Å². The summed E-state index contributed by atoms with van der Waals surface area (Å²) in [7, 11) is 3.07. The lowest BCUT2D eigenvalue weighted by Crippen LogP contribution is -2.30. The number of carbonyl (C=O) groups is 1. The Kier molecular flexibility index (Phi) is 5.28. The van der Waals surface area contributed by atoms with Gasteiger partial charge >= 0.3 is 0 Å². The molecule has 1 aliphatic rings. The summed E-state index contributed by atoms with van der Waals surface area (Å²) in [4.78, 5) is 16.5. The lowest BCUT2D eigenvalue weighted by atomic mass is 10.1. The minimum atomic E-state index is -0.394. The third kappa shape index (κ3) is 3.71. The maximum Gasteiger partial charge on any atom is 0.273 e. The molecule has 10 nitrogen and oxygen atoms in total. The molecule has 0 spiro atoms. The molecule has 0 atom stereocenters. The Morgan fingerprint density at radius 3 is 2.83 bits per heavy atom. The lowest BCUT2D eigenvalue weighted by molar-refractivity contribution is -0.0287. The molecule has 1 saturated heterocycles. The Balaban J connectivity index is 1.71. The number of halogens is 1. The zero-order valence-corrected chi connectivity index (χ0v) is 16.5. The Hall–Kier alpha value is -3.24. The van der Waals surface area contributed by atoms with E-state index in [0.717, 1.165) is 0 Å². The van der Waals surface area contributed by atoms with Crippen molar-refractivity contribution in [3.8, 4) is 17.1 Å². The summed E-state index contributed by atoms with van der Waals surface area (Å²) in [6.07, 6.45) is 1.68. The average molecular weight is 416 g/mol. The number of nitrogens with one attached hydrogen (secondary N) is 2. The van der Waals surface area contributed by atoms with Gasteiger partial charge in [0.2, 0.25) is 0 Å². The molecular weight excluding hydrogens is 398 g/mol. The average Bonchev–Trinajstić information content (AvgIpc) is 3.15. The number of hydrogen-bond acceptors (Lipinski definition) is 8. The molecule has 0 aliphatic carbocycles.